The van der Waals surface area contributed by atoms with Crippen LogP contribution in [0.1, 0.15) is 5.56 Å². The molecule has 0 bridgehead atoms. The first-order chi connectivity index (χ1) is 11.7. The van der Waals surface area contributed by atoms with Crippen molar-refractivity contribution in [3.05, 3.63) is 72.4 Å². The maximum absolute atomic E-state index is 5.35. The number of rotatable bonds is 3. The summed E-state index contributed by atoms with van der Waals surface area (Å²) in [7, 11) is 1.67. The molecule has 4 nitrogen and oxygen atoms in total. The van der Waals surface area contributed by atoms with Crippen LogP contribution < -0.4 is 4.74 Å². The molecule has 0 spiro atoms. The van der Waals surface area contributed by atoms with Gasteiger partial charge in [-0.05, 0) is 25.1 Å². The van der Waals surface area contributed by atoms with Crippen molar-refractivity contribution in [2.75, 3.05) is 7.11 Å². The van der Waals surface area contributed by atoms with E-state index in [9.17, 15) is 0 Å². The van der Waals surface area contributed by atoms with E-state index in [0.717, 1.165) is 33.9 Å². The number of hydrogen-bond donors (Lipinski definition) is 0. The van der Waals surface area contributed by atoms with Crippen molar-refractivity contribution in [1.29, 1.82) is 0 Å². The summed E-state index contributed by atoms with van der Waals surface area (Å²) in [4.78, 5) is 4.73. The Kier molecular flexibility index (Phi) is 3.50. The minimum Gasteiger partial charge on any atom is -0.497 e. The fraction of sp³-hybridized carbons (Fsp3) is 0.100. The van der Waals surface area contributed by atoms with Gasteiger partial charge in [0.2, 0.25) is 0 Å². The van der Waals surface area contributed by atoms with Gasteiger partial charge in [-0.15, -0.1) is 0 Å². The molecule has 4 rings (SSSR count). The maximum Gasteiger partial charge on any atom is 0.156 e. The molecule has 24 heavy (non-hydrogen) atoms. The topological polar surface area (TPSA) is 39.4 Å². The molecule has 4 aromatic rings. The van der Waals surface area contributed by atoms with Gasteiger partial charge in [-0.25, -0.2) is 9.50 Å². The summed E-state index contributed by atoms with van der Waals surface area (Å²) in [6.07, 6.45) is 1.77. The fourth-order valence-corrected chi connectivity index (χ4v) is 2.77. The molecule has 2 aromatic carbocycles. The standard InChI is InChI=1S/C20H17N3O/c1-14-6-8-15(9-7-14)18-13-19(23-20(22-18)10-11-21-23)16-4-3-5-17(12-16)24-2/h3-13H,1-2H3. The van der Waals surface area contributed by atoms with Crippen LogP contribution in [-0.2, 0) is 0 Å². The zero-order valence-electron chi connectivity index (χ0n) is 13.6. The van der Waals surface area contributed by atoms with Crippen molar-refractivity contribution in [2.45, 2.75) is 6.92 Å². The van der Waals surface area contributed by atoms with Gasteiger partial charge < -0.3 is 4.74 Å². The molecule has 0 saturated carbocycles. The maximum atomic E-state index is 5.35. The smallest absolute Gasteiger partial charge is 0.156 e. The number of methoxy groups -OCH3 is 1. The second kappa shape index (κ2) is 5.81. The minimum atomic E-state index is 0.821. The van der Waals surface area contributed by atoms with Gasteiger partial charge in [0.1, 0.15) is 5.75 Å². The van der Waals surface area contributed by atoms with Crippen LogP contribution >= 0.6 is 0 Å². The Morgan fingerprint density at radius 1 is 0.917 bits per heavy atom. The minimum absolute atomic E-state index is 0.821. The average Bonchev–Trinajstić information content (AvgIpc) is 3.10. The van der Waals surface area contributed by atoms with E-state index in [1.54, 1.807) is 13.3 Å². The first kappa shape index (κ1) is 14.5. The SMILES string of the molecule is COc1cccc(-c2cc(-c3ccc(C)cc3)nc3ccnn23)c1. The van der Waals surface area contributed by atoms with Gasteiger partial charge in [0, 0.05) is 17.2 Å². The molecule has 0 atom stereocenters. The van der Waals surface area contributed by atoms with Gasteiger partial charge >= 0.3 is 0 Å². The lowest BCUT2D eigenvalue weighted by Gasteiger charge is -2.10. The zero-order valence-corrected chi connectivity index (χ0v) is 13.6. The molecule has 0 amide bonds. The largest absolute Gasteiger partial charge is 0.497 e. The highest BCUT2D eigenvalue weighted by Crippen LogP contribution is 2.28. The summed E-state index contributed by atoms with van der Waals surface area (Å²) in [5.41, 5.74) is 6.11. The Hall–Kier alpha value is -3.14. The third kappa shape index (κ3) is 2.52. The van der Waals surface area contributed by atoms with Crippen molar-refractivity contribution >= 4 is 5.65 Å². The molecular weight excluding hydrogens is 298 g/mol. The van der Waals surface area contributed by atoms with Crippen LogP contribution in [-0.4, -0.2) is 21.7 Å². The van der Waals surface area contributed by atoms with E-state index in [1.165, 1.54) is 5.56 Å². The Morgan fingerprint density at radius 2 is 1.75 bits per heavy atom. The van der Waals surface area contributed by atoms with Crippen LogP contribution in [0.15, 0.2) is 66.9 Å². The molecule has 0 N–H and O–H groups in total. The number of ether oxygens (including phenoxy) is 1. The summed E-state index contributed by atoms with van der Waals surface area (Å²) in [5, 5.41) is 4.41. The Labute approximate surface area is 140 Å². The lowest BCUT2D eigenvalue weighted by atomic mass is 10.1. The quantitative estimate of drug-likeness (QED) is 0.563. The van der Waals surface area contributed by atoms with Crippen molar-refractivity contribution in [3.8, 4) is 28.3 Å². The van der Waals surface area contributed by atoms with Gasteiger partial charge in [0.25, 0.3) is 0 Å². The lowest BCUT2D eigenvalue weighted by molar-refractivity contribution is 0.415. The molecule has 0 aliphatic carbocycles. The first-order valence-corrected chi connectivity index (χ1v) is 7.81. The summed E-state index contributed by atoms with van der Waals surface area (Å²) in [5.74, 6) is 0.821. The molecule has 0 fully saturated rings. The van der Waals surface area contributed by atoms with E-state index in [1.807, 2.05) is 28.8 Å². The lowest BCUT2D eigenvalue weighted by Crippen LogP contribution is -1.98. The predicted molar refractivity (Wildman–Crippen MR) is 95.1 cm³/mol. The van der Waals surface area contributed by atoms with Crippen molar-refractivity contribution in [3.63, 3.8) is 0 Å². The third-order valence-corrected chi connectivity index (χ3v) is 4.07. The van der Waals surface area contributed by atoms with Crippen LogP contribution in [0.5, 0.6) is 5.75 Å². The summed E-state index contributed by atoms with van der Waals surface area (Å²) >= 11 is 0. The second-order valence-electron chi connectivity index (χ2n) is 5.73. The molecule has 2 aromatic heterocycles. The molecular formula is C20H17N3O. The highest BCUT2D eigenvalue weighted by Gasteiger charge is 2.10. The van der Waals surface area contributed by atoms with E-state index in [-0.39, 0.29) is 0 Å². The van der Waals surface area contributed by atoms with Gasteiger partial charge in [-0.3, -0.25) is 0 Å². The van der Waals surface area contributed by atoms with Gasteiger partial charge in [-0.2, -0.15) is 5.10 Å². The number of benzene rings is 2. The number of hydrogen-bond acceptors (Lipinski definition) is 3. The molecule has 0 saturated heterocycles. The Balaban J connectivity index is 1.93. The van der Waals surface area contributed by atoms with Crippen molar-refractivity contribution in [2.24, 2.45) is 0 Å². The summed E-state index contributed by atoms with van der Waals surface area (Å²) < 4.78 is 7.21. The third-order valence-electron chi connectivity index (χ3n) is 4.07. The Morgan fingerprint density at radius 3 is 2.54 bits per heavy atom. The van der Waals surface area contributed by atoms with Gasteiger partial charge in [0.05, 0.1) is 24.7 Å². The number of nitrogens with zero attached hydrogens (tertiary/aromatic N) is 3. The van der Waals surface area contributed by atoms with E-state index in [4.69, 9.17) is 9.72 Å². The number of aryl methyl sites for hydroxylation is 1. The van der Waals surface area contributed by atoms with Crippen LogP contribution in [0.4, 0.5) is 0 Å². The molecule has 118 valence electrons. The zero-order chi connectivity index (χ0) is 16.5. The fourth-order valence-electron chi connectivity index (χ4n) is 2.77. The molecule has 4 heteroatoms. The molecule has 0 radical (unpaired) electrons. The Bertz CT molecular complexity index is 1000. The highest BCUT2D eigenvalue weighted by atomic mass is 16.5. The molecule has 0 aliphatic rings. The van der Waals surface area contributed by atoms with Crippen LogP contribution in [0.25, 0.3) is 28.2 Å². The van der Waals surface area contributed by atoms with Gasteiger partial charge in [0.15, 0.2) is 5.65 Å². The monoisotopic (exact) mass is 315 g/mol. The normalized spacial score (nSPS) is 10.9. The van der Waals surface area contributed by atoms with Crippen molar-refractivity contribution in [1.82, 2.24) is 14.6 Å². The average molecular weight is 315 g/mol. The first-order valence-electron chi connectivity index (χ1n) is 7.81. The van der Waals surface area contributed by atoms with E-state index in [0.29, 0.717) is 0 Å². The molecule has 0 aliphatic heterocycles. The summed E-state index contributed by atoms with van der Waals surface area (Å²) in [6, 6.07) is 20.4. The van der Waals surface area contributed by atoms with E-state index in [2.05, 4.69) is 48.4 Å². The highest BCUT2D eigenvalue weighted by molar-refractivity contribution is 5.72. The molecule has 2 heterocycles. The van der Waals surface area contributed by atoms with E-state index < -0.39 is 0 Å². The second-order valence-corrected chi connectivity index (χ2v) is 5.73. The van der Waals surface area contributed by atoms with Crippen LogP contribution in [0.3, 0.4) is 0 Å². The van der Waals surface area contributed by atoms with Crippen LogP contribution in [0, 0.1) is 6.92 Å². The predicted octanol–water partition coefficient (Wildman–Crippen LogP) is 4.38. The molecule has 0 unspecified atom stereocenters. The summed E-state index contributed by atoms with van der Waals surface area (Å²) in [6.45, 7) is 2.08. The van der Waals surface area contributed by atoms with Crippen LogP contribution in [0.2, 0.25) is 0 Å². The number of fused-ring (bicyclic) bond motifs is 1. The van der Waals surface area contributed by atoms with Gasteiger partial charge in [-0.1, -0.05) is 42.0 Å². The number of aromatic nitrogens is 3. The van der Waals surface area contributed by atoms with E-state index >= 15 is 0 Å². The van der Waals surface area contributed by atoms with Crippen molar-refractivity contribution < 1.29 is 4.74 Å².